The highest BCUT2D eigenvalue weighted by molar-refractivity contribution is 6.29. The molecule has 1 aliphatic carbocycles. The number of halogens is 1. The van der Waals surface area contributed by atoms with E-state index in [4.69, 9.17) is 11.6 Å². The lowest BCUT2D eigenvalue weighted by atomic mass is 9.52. The molecule has 0 radical (unpaired) electrons. The van der Waals surface area contributed by atoms with Crippen LogP contribution in [-0.2, 0) is 9.59 Å². The van der Waals surface area contributed by atoms with Gasteiger partial charge in [0.15, 0.2) is 0 Å². The lowest BCUT2D eigenvalue weighted by molar-refractivity contribution is -0.139. The Morgan fingerprint density at radius 3 is 2.65 bits per heavy atom. The molecular weight excluding hydrogens is 276 g/mol. The number of nitrogens with zero attached hydrogens (tertiary/aromatic N) is 1. The third-order valence-electron chi connectivity index (χ3n) is 4.40. The SMILES string of the molecule is CC(=O)[C@H]1C[C@@H](CC(=O)Nc2ccc(Cl)nc2)C1(C)C. The summed E-state index contributed by atoms with van der Waals surface area (Å²) < 4.78 is 0. The first-order chi connectivity index (χ1) is 9.30. The average Bonchev–Trinajstić information content (AvgIpc) is 2.36. The molecule has 1 aromatic rings. The number of Topliss-reactive ketones (excluding diaryl/α,β-unsaturated/α-hetero) is 1. The maximum absolute atomic E-state index is 12.0. The molecule has 1 saturated carbocycles. The third-order valence-corrected chi connectivity index (χ3v) is 4.63. The van der Waals surface area contributed by atoms with Gasteiger partial charge in [0.2, 0.25) is 5.91 Å². The van der Waals surface area contributed by atoms with Gasteiger partial charge in [-0.15, -0.1) is 0 Å². The van der Waals surface area contributed by atoms with Crippen LogP contribution in [-0.4, -0.2) is 16.7 Å². The monoisotopic (exact) mass is 294 g/mol. The molecule has 1 amide bonds. The van der Waals surface area contributed by atoms with Gasteiger partial charge in [0, 0.05) is 12.3 Å². The van der Waals surface area contributed by atoms with Crippen LogP contribution in [0.4, 0.5) is 5.69 Å². The smallest absolute Gasteiger partial charge is 0.224 e. The van der Waals surface area contributed by atoms with Gasteiger partial charge in [-0.3, -0.25) is 9.59 Å². The fourth-order valence-electron chi connectivity index (χ4n) is 2.94. The Morgan fingerprint density at radius 2 is 2.15 bits per heavy atom. The van der Waals surface area contributed by atoms with E-state index in [0.717, 1.165) is 6.42 Å². The number of rotatable bonds is 4. The highest BCUT2D eigenvalue weighted by Crippen LogP contribution is 2.53. The molecule has 5 heteroatoms. The molecule has 0 unspecified atom stereocenters. The molecule has 0 bridgehead atoms. The van der Waals surface area contributed by atoms with E-state index in [1.807, 2.05) is 0 Å². The summed E-state index contributed by atoms with van der Waals surface area (Å²) in [5, 5.41) is 3.20. The maximum atomic E-state index is 12.0. The van der Waals surface area contributed by atoms with Crippen LogP contribution in [0.5, 0.6) is 0 Å². The number of hydrogen-bond donors (Lipinski definition) is 1. The molecule has 108 valence electrons. The van der Waals surface area contributed by atoms with Crippen LogP contribution in [0.15, 0.2) is 18.3 Å². The summed E-state index contributed by atoms with van der Waals surface area (Å²) in [4.78, 5) is 27.4. The summed E-state index contributed by atoms with van der Waals surface area (Å²) in [7, 11) is 0. The van der Waals surface area contributed by atoms with Crippen LogP contribution >= 0.6 is 11.6 Å². The van der Waals surface area contributed by atoms with Crippen LogP contribution < -0.4 is 5.32 Å². The molecule has 0 aromatic carbocycles. The van der Waals surface area contributed by atoms with E-state index in [0.29, 0.717) is 17.3 Å². The van der Waals surface area contributed by atoms with E-state index in [-0.39, 0.29) is 28.9 Å². The standard InChI is InChI=1S/C15H19ClN2O2/c1-9(19)12-6-10(15(12,2)3)7-14(20)18-11-4-5-13(16)17-8-11/h4-5,8,10,12H,6-7H2,1-3H3,(H,18,20)/t10-,12+/m0/s1. The molecule has 0 aliphatic heterocycles. The maximum Gasteiger partial charge on any atom is 0.224 e. The zero-order valence-electron chi connectivity index (χ0n) is 11.9. The quantitative estimate of drug-likeness (QED) is 0.867. The van der Waals surface area contributed by atoms with E-state index in [9.17, 15) is 9.59 Å². The molecule has 1 heterocycles. The van der Waals surface area contributed by atoms with Crippen molar-refractivity contribution in [3.05, 3.63) is 23.5 Å². The van der Waals surface area contributed by atoms with Crippen molar-refractivity contribution in [3.63, 3.8) is 0 Å². The highest BCUT2D eigenvalue weighted by Gasteiger charge is 2.50. The van der Waals surface area contributed by atoms with Crippen LogP contribution in [0.3, 0.4) is 0 Å². The minimum Gasteiger partial charge on any atom is -0.325 e. The molecule has 20 heavy (non-hydrogen) atoms. The summed E-state index contributed by atoms with van der Waals surface area (Å²) in [5.41, 5.74) is 0.543. The predicted molar refractivity (Wildman–Crippen MR) is 78.6 cm³/mol. The van der Waals surface area contributed by atoms with E-state index in [2.05, 4.69) is 24.1 Å². The number of carbonyl (C=O) groups is 2. The highest BCUT2D eigenvalue weighted by atomic mass is 35.5. The molecule has 1 aliphatic rings. The van der Waals surface area contributed by atoms with Crippen molar-refractivity contribution in [1.29, 1.82) is 0 Å². The summed E-state index contributed by atoms with van der Waals surface area (Å²) >= 11 is 5.69. The summed E-state index contributed by atoms with van der Waals surface area (Å²) in [6.45, 7) is 5.75. The zero-order chi connectivity index (χ0) is 14.9. The van der Waals surface area contributed by atoms with Crippen molar-refractivity contribution in [2.75, 3.05) is 5.32 Å². The third kappa shape index (κ3) is 3.01. The van der Waals surface area contributed by atoms with Crippen LogP contribution in [0.25, 0.3) is 0 Å². The molecule has 2 rings (SSSR count). The Labute approximate surface area is 123 Å². The number of pyridine rings is 1. The van der Waals surface area contributed by atoms with E-state index in [1.54, 1.807) is 19.1 Å². The van der Waals surface area contributed by atoms with Crippen LogP contribution in [0.2, 0.25) is 5.15 Å². The molecule has 0 saturated heterocycles. The van der Waals surface area contributed by atoms with Gasteiger partial charge in [0.25, 0.3) is 0 Å². The lowest BCUT2D eigenvalue weighted by Crippen LogP contribution is -2.49. The van der Waals surface area contributed by atoms with Gasteiger partial charge in [0.05, 0.1) is 11.9 Å². The number of ketones is 1. The molecular formula is C15H19ClN2O2. The number of aromatic nitrogens is 1. The summed E-state index contributed by atoms with van der Waals surface area (Å²) in [6, 6.07) is 3.35. The minimum atomic E-state index is -0.0958. The van der Waals surface area contributed by atoms with Crippen LogP contribution in [0, 0.1) is 17.3 Å². The fourth-order valence-corrected chi connectivity index (χ4v) is 3.05. The van der Waals surface area contributed by atoms with Crippen molar-refractivity contribution in [1.82, 2.24) is 4.98 Å². The first-order valence-electron chi connectivity index (χ1n) is 6.72. The first kappa shape index (κ1) is 15.0. The number of hydrogen-bond acceptors (Lipinski definition) is 3. The zero-order valence-corrected chi connectivity index (χ0v) is 12.7. The van der Waals surface area contributed by atoms with Gasteiger partial charge >= 0.3 is 0 Å². The normalized spacial score (nSPS) is 23.8. The Bertz CT molecular complexity index is 525. The summed E-state index contributed by atoms with van der Waals surface area (Å²) in [5.74, 6) is 0.497. The van der Waals surface area contributed by atoms with Gasteiger partial charge in [0.1, 0.15) is 10.9 Å². The first-order valence-corrected chi connectivity index (χ1v) is 7.10. The second-order valence-electron chi connectivity index (χ2n) is 6.04. The van der Waals surface area contributed by atoms with E-state index in [1.165, 1.54) is 6.20 Å². The minimum absolute atomic E-state index is 0.0470. The Balaban J connectivity index is 1.90. The molecule has 1 fully saturated rings. The lowest BCUT2D eigenvalue weighted by Gasteiger charge is -2.51. The molecule has 1 aromatic heterocycles. The largest absolute Gasteiger partial charge is 0.325 e. The Morgan fingerprint density at radius 1 is 1.45 bits per heavy atom. The fraction of sp³-hybridized carbons (Fsp3) is 0.533. The topological polar surface area (TPSA) is 59.1 Å². The van der Waals surface area contributed by atoms with Gasteiger partial charge in [-0.05, 0) is 36.8 Å². The number of carbonyl (C=O) groups excluding carboxylic acids is 2. The van der Waals surface area contributed by atoms with E-state index >= 15 is 0 Å². The number of anilines is 1. The van der Waals surface area contributed by atoms with Gasteiger partial charge < -0.3 is 5.32 Å². The Kier molecular flexibility index (Phi) is 4.14. The van der Waals surface area contributed by atoms with Gasteiger partial charge in [-0.2, -0.15) is 0 Å². The molecule has 2 atom stereocenters. The number of nitrogens with one attached hydrogen (secondary N) is 1. The van der Waals surface area contributed by atoms with Crippen molar-refractivity contribution >= 4 is 29.0 Å². The number of amides is 1. The summed E-state index contributed by atoms with van der Waals surface area (Å²) in [6.07, 6.45) is 2.76. The Hall–Kier alpha value is -1.42. The second-order valence-corrected chi connectivity index (χ2v) is 6.43. The van der Waals surface area contributed by atoms with Gasteiger partial charge in [-0.1, -0.05) is 25.4 Å². The van der Waals surface area contributed by atoms with Gasteiger partial charge in [-0.25, -0.2) is 4.98 Å². The second kappa shape index (κ2) is 5.52. The van der Waals surface area contributed by atoms with Crippen molar-refractivity contribution in [2.45, 2.75) is 33.6 Å². The van der Waals surface area contributed by atoms with Crippen molar-refractivity contribution < 1.29 is 9.59 Å². The molecule has 0 spiro atoms. The van der Waals surface area contributed by atoms with E-state index < -0.39 is 0 Å². The predicted octanol–water partition coefficient (Wildman–Crippen LogP) is 3.31. The molecule has 4 nitrogen and oxygen atoms in total. The molecule has 1 N–H and O–H groups in total. The van der Waals surface area contributed by atoms with Crippen molar-refractivity contribution in [2.24, 2.45) is 17.3 Å². The average molecular weight is 295 g/mol. The van der Waals surface area contributed by atoms with Crippen LogP contribution in [0.1, 0.15) is 33.6 Å². The van der Waals surface area contributed by atoms with Crippen molar-refractivity contribution in [3.8, 4) is 0 Å².